The van der Waals surface area contributed by atoms with Crippen LogP contribution in [0.5, 0.6) is 5.75 Å². The van der Waals surface area contributed by atoms with Gasteiger partial charge in [0.1, 0.15) is 28.8 Å². The van der Waals surface area contributed by atoms with Gasteiger partial charge in [0.05, 0.1) is 25.2 Å². The molecule has 2 aromatic heterocycles. The standard InChI is InChI=1S/C20H13F4N5O3S/c1-32-12-7-11(8-25-9-12)17-10-29(28-26-17)19-13(21)5-6-16(18(19)24)27-33(30,31)20-14(22)3-2-4-15(20)23/h2-10,27H,1H3. The SMILES string of the molecule is COc1cncc(-c2cn(-c3c(F)ccc(NS(=O)(=O)c4c(F)cccc4F)c3F)nn2)c1. The summed E-state index contributed by atoms with van der Waals surface area (Å²) in [6, 6.07) is 5.54. The second-order valence-electron chi connectivity index (χ2n) is 6.58. The minimum atomic E-state index is -4.88. The molecule has 0 saturated heterocycles. The summed E-state index contributed by atoms with van der Waals surface area (Å²) >= 11 is 0. The molecule has 2 heterocycles. The summed E-state index contributed by atoms with van der Waals surface area (Å²) < 4.78 is 89.9. The van der Waals surface area contributed by atoms with Crippen LogP contribution in [0, 0.1) is 23.3 Å². The Morgan fingerprint density at radius 1 is 1.00 bits per heavy atom. The number of hydrogen-bond donors (Lipinski definition) is 1. The maximum Gasteiger partial charge on any atom is 0.267 e. The summed E-state index contributed by atoms with van der Waals surface area (Å²) in [6.45, 7) is 0. The average molecular weight is 479 g/mol. The Labute approximate surface area is 184 Å². The summed E-state index contributed by atoms with van der Waals surface area (Å²) in [5.74, 6) is -4.81. The van der Waals surface area contributed by atoms with Gasteiger partial charge in [0.2, 0.25) is 0 Å². The van der Waals surface area contributed by atoms with E-state index in [0.717, 1.165) is 35.0 Å². The monoisotopic (exact) mass is 479 g/mol. The molecule has 0 atom stereocenters. The molecule has 0 saturated carbocycles. The smallest absolute Gasteiger partial charge is 0.267 e. The lowest BCUT2D eigenvalue weighted by Crippen LogP contribution is -2.18. The molecule has 0 amide bonds. The van der Waals surface area contributed by atoms with Gasteiger partial charge in [-0.05, 0) is 30.3 Å². The van der Waals surface area contributed by atoms with E-state index in [0.29, 0.717) is 11.3 Å². The van der Waals surface area contributed by atoms with Crippen LogP contribution in [0.1, 0.15) is 0 Å². The van der Waals surface area contributed by atoms with Crippen LogP contribution in [0.15, 0.2) is 59.9 Å². The van der Waals surface area contributed by atoms with Crippen LogP contribution in [-0.4, -0.2) is 35.5 Å². The van der Waals surface area contributed by atoms with Crippen molar-refractivity contribution in [3.63, 3.8) is 0 Å². The lowest BCUT2D eigenvalue weighted by Gasteiger charge is -2.13. The van der Waals surface area contributed by atoms with Gasteiger partial charge in [-0.3, -0.25) is 9.71 Å². The highest BCUT2D eigenvalue weighted by Crippen LogP contribution is 2.29. The van der Waals surface area contributed by atoms with Gasteiger partial charge in [0, 0.05) is 11.8 Å². The Balaban J connectivity index is 1.73. The minimum absolute atomic E-state index is 0.194. The molecule has 8 nitrogen and oxygen atoms in total. The van der Waals surface area contributed by atoms with Crippen LogP contribution in [0.4, 0.5) is 23.2 Å². The maximum atomic E-state index is 15.1. The number of rotatable bonds is 6. The van der Waals surface area contributed by atoms with E-state index in [2.05, 4.69) is 15.3 Å². The third-order valence-corrected chi connectivity index (χ3v) is 5.88. The number of nitrogens with zero attached hydrogens (tertiary/aromatic N) is 4. The summed E-state index contributed by atoms with van der Waals surface area (Å²) in [5, 5.41) is 7.53. The number of halogens is 4. The predicted octanol–water partition coefficient (Wildman–Crippen LogP) is 3.70. The first-order chi connectivity index (χ1) is 15.7. The van der Waals surface area contributed by atoms with Crippen molar-refractivity contribution in [1.29, 1.82) is 0 Å². The van der Waals surface area contributed by atoms with Gasteiger partial charge < -0.3 is 4.74 Å². The summed E-state index contributed by atoms with van der Waals surface area (Å²) in [5.41, 5.74) is -0.888. The molecule has 4 rings (SSSR count). The summed E-state index contributed by atoms with van der Waals surface area (Å²) in [4.78, 5) is 2.66. The highest BCUT2D eigenvalue weighted by Gasteiger charge is 2.27. The fourth-order valence-electron chi connectivity index (χ4n) is 2.94. The first kappa shape index (κ1) is 22.2. The topological polar surface area (TPSA) is 99.0 Å². The molecule has 33 heavy (non-hydrogen) atoms. The Kier molecular flexibility index (Phi) is 5.72. The van der Waals surface area contributed by atoms with Crippen LogP contribution >= 0.6 is 0 Å². The average Bonchev–Trinajstić information content (AvgIpc) is 3.25. The van der Waals surface area contributed by atoms with E-state index in [-0.39, 0.29) is 5.69 Å². The number of sulfonamides is 1. The highest BCUT2D eigenvalue weighted by molar-refractivity contribution is 7.92. The second-order valence-corrected chi connectivity index (χ2v) is 8.19. The van der Waals surface area contributed by atoms with Gasteiger partial charge in [-0.25, -0.2) is 30.7 Å². The lowest BCUT2D eigenvalue weighted by molar-refractivity contribution is 0.413. The Bertz CT molecular complexity index is 1440. The number of benzene rings is 2. The number of hydrogen-bond acceptors (Lipinski definition) is 6. The van der Waals surface area contributed by atoms with Crippen molar-refractivity contribution in [3.8, 4) is 22.7 Å². The third kappa shape index (κ3) is 4.22. The van der Waals surface area contributed by atoms with Crippen LogP contribution in [0.25, 0.3) is 16.9 Å². The van der Waals surface area contributed by atoms with E-state index in [1.165, 1.54) is 25.7 Å². The molecule has 13 heteroatoms. The quantitative estimate of drug-likeness (QED) is 0.424. The van der Waals surface area contributed by atoms with Gasteiger partial charge in [0.15, 0.2) is 16.5 Å². The van der Waals surface area contributed by atoms with Crippen molar-refractivity contribution >= 4 is 15.7 Å². The van der Waals surface area contributed by atoms with Crippen molar-refractivity contribution in [2.45, 2.75) is 4.90 Å². The fourth-order valence-corrected chi connectivity index (χ4v) is 4.14. The van der Waals surface area contributed by atoms with Crippen molar-refractivity contribution in [1.82, 2.24) is 20.0 Å². The molecule has 0 aliphatic heterocycles. The van der Waals surface area contributed by atoms with Crippen LogP contribution in [0.3, 0.4) is 0 Å². The largest absolute Gasteiger partial charge is 0.495 e. The minimum Gasteiger partial charge on any atom is -0.495 e. The van der Waals surface area contributed by atoms with Crippen LogP contribution in [0.2, 0.25) is 0 Å². The Hall–Kier alpha value is -4.00. The van der Waals surface area contributed by atoms with E-state index in [9.17, 15) is 21.6 Å². The second kappa shape index (κ2) is 8.50. The molecule has 4 aromatic rings. The molecule has 1 N–H and O–H groups in total. The van der Waals surface area contributed by atoms with E-state index >= 15 is 4.39 Å². The number of anilines is 1. The summed E-state index contributed by atoms with van der Waals surface area (Å²) in [6.07, 6.45) is 4.06. The molecule has 0 aliphatic carbocycles. The molecule has 0 aliphatic rings. The third-order valence-electron chi connectivity index (χ3n) is 4.47. The lowest BCUT2D eigenvalue weighted by atomic mass is 10.2. The van der Waals surface area contributed by atoms with Crippen molar-refractivity contribution in [2.24, 2.45) is 0 Å². The zero-order valence-corrected chi connectivity index (χ0v) is 17.4. The van der Waals surface area contributed by atoms with E-state index in [1.807, 2.05) is 0 Å². The molecule has 0 bridgehead atoms. The molecular weight excluding hydrogens is 466 g/mol. The number of nitrogens with one attached hydrogen (secondary N) is 1. The van der Waals surface area contributed by atoms with Crippen LogP contribution < -0.4 is 9.46 Å². The van der Waals surface area contributed by atoms with E-state index in [4.69, 9.17) is 4.74 Å². The molecule has 0 fully saturated rings. The number of methoxy groups -OCH3 is 1. The van der Waals surface area contributed by atoms with Crippen LogP contribution in [-0.2, 0) is 10.0 Å². The number of ether oxygens (including phenoxy) is 1. The molecule has 0 unspecified atom stereocenters. The molecule has 0 spiro atoms. The molecule has 2 aromatic carbocycles. The van der Waals surface area contributed by atoms with E-state index < -0.39 is 49.6 Å². The van der Waals surface area contributed by atoms with Crippen molar-refractivity contribution < 1.29 is 30.7 Å². The molecular formula is C20H13F4N5O3S. The fraction of sp³-hybridized carbons (Fsp3) is 0.0500. The van der Waals surface area contributed by atoms with Gasteiger partial charge >= 0.3 is 0 Å². The van der Waals surface area contributed by atoms with Crippen molar-refractivity contribution in [2.75, 3.05) is 11.8 Å². The number of aromatic nitrogens is 4. The van der Waals surface area contributed by atoms with Gasteiger partial charge in [-0.15, -0.1) is 5.10 Å². The summed E-state index contributed by atoms with van der Waals surface area (Å²) in [7, 11) is -3.45. The predicted molar refractivity (Wildman–Crippen MR) is 108 cm³/mol. The molecule has 0 radical (unpaired) electrons. The maximum absolute atomic E-state index is 15.1. The Morgan fingerprint density at radius 3 is 2.42 bits per heavy atom. The van der Waals surface area contributed by atoms with Gasteiger partial charge in [-0.2, -0.15) is 0 Å². The highest BCUT2D eigenvalue weighted by atomic mass is 32.2. The van der Waals surface area contributed by atoms with E-state index in [1.54, 1.807) is 10.8 Å². The zero-order valence-electron chi connectivity index (χ0n) is 16.6. The zero-order chi connectivity index (χ0) is 23.8. The Morgan fingerprint density at radius 2 is 1.73 bits per heavy atom. The van der Waals surface area contributed by atoms with Gasteiger partial charge in [-0.1, -0.05) is 11.3 Å². The number of pyridine rings is 1. The van der Waals surface area contributed by atoms with Crippen molar-refractivity contribution in [3.05, 3.63) is 78.3 Å². The first-order valence-corrected chi connectivity index (χ1v) is 10.6. The van der Waals surface area contributed by atoms with Gasteiger partial charge in [0.25, 0.3) is 10.0 Å². The molecule has 170 valence electrons. The first-order valence-electron chi connectivity index (χ1n) is 9.08. The normalized spacial score (nSPS) is 11.4.